The van der Waals surface area contributed by atoms with Crippen molar-refractivity contribution in [2.75, 3.05) is 26.1 Å². The second-order valence-corrected chi connectivity index (χ2v) is 6.18. The molecule has 7 heteroatoms. The van der Waals surface area contributed by atoms with Crippen LogP contribution in [0.2, 0.25) is 0 Å². The maximum Gasteiger partial charge on any atom is 0.254 e. The van der Waals surface area contributed by atoms with E-state index in [0.717, 1.165) is 0 Å². The van der Waals surface area contributed by atoms with Crippen LogP contribution in [0, 0.1) is 5.82 Å². The van der Waals surface area contributed by atoms with Gasteiger partial charge in [0, 0.05) is 23.4 Å². The molecule has 0 radical (unpaired) electrons. The van der Waals surface area contributed by atoms with Crippen molar-refractivity contribution in [3.63, 3.8) is 0 Å². The Morgan fingerprint density at radius 1 is 1.04 bits per heavy atom. The molecule has 0 aliphatic rings. The number of hydrogen-bond donors (Lipinski definition) is 1. The summed E-state index contributed by atoms with van der Waals surface area (Å²) in [5.41, 5.74) is 0.815. The Labute approximate surface area is 157 Å². The first-order chi connectivity index (χ1) is 12.8. The summed E-state index contributed by atoms with van der Waals surface area (Å²) in [5, 5.41) is 2.66. The maximum absolute atomic E-state index is 13.0. The van der Waals surface area contributed by atoms with E-state index in [1.54, 1.807) is 18.2 Å². The molecule has 0 spiro atoms. The zero-order valence-corrected chi connectivity index (χ0v) is 15.8. The number of carbonyl (C=O) groups is 2. The monoisotopic (exact) mass is 374 g/mol. The smallest absolute Gasteiger partial charge is 0.254 e. The standard InChI is InChI=1S/C20H23FN2O4/c1-13(2)23(12-19(24)22-16-7-5-15(21)6-8-16)20(25)14-9-17(26-3)11-18(10-14)27-4/h5-11,13H,12H2,1-4H3,(H,22,24). The fraction of sp³-hybridized carbons (Fsp3) is 0.300. The Morgan fingerprint density at radius 3 is 2.07 bits per heavy atom. The number of anilines is 1. The normalized spacial score (nSPS) is 10.4. The van der Waals surface area contributed by atoms with E-state index in [1.807, 2.05) is 13.8 Å². The van der Waals surface area contributed by atoms with Gasteiger partial charge in [0.25, 0.3) is 5.91 Å². The van der Waals surface area contributed by atoms with Crippen molar-refractivity contribution in [1.82, 2.24) is 4.90 Å². The fourth-order valence-corrected chi connectivity index (χ4v) is 2.47. The van der Waals surface area contributed by atoms with Gasteiger partial charge in [-0.15, -0.1) is 0 Å². The van der Waals surface area contributed by atoms with Gasteiger partial charge in [0.1, 0.15) is 23.9 Å². The molecule has 0 saturated carbocycles. The van der Waals surface area contributed by atoms with Crippen molar-refractivity contribution in [2.24, 2.45) is 0 Å². The van der Waals surface area contributed by atoms with Crippen LogP contribution in [0.15, 0.2) is 42.5 Å². The molecule has 0 heterocycles. The fourth-order valence-electron chi connectivity index (χ4n) is 2.47. The number of halogens is 1. The van der Waals surface area contributed by atoms with Crippen LogP contribution in [0.1, 0.15) is 24.2 Å². The van der Waals surface area contributed by atoms with Crippen molar-refractivity contribution < 1.29 is 23.5 Å². The Hall–Kier alpha value is -3.09. The van der Waals surface area contributed by atoms with Crippen molar-refractivity contribution in [1.29, 1.82) is 0 Å². The van der Waals surface area contributed by atoms with Gasteiger partial charge in [0.15, 0.2) is 0 Å². The lowest BCUT2D eigenvalue weighted by Gasteiger charge is -2.26. The van der Waals surface area contributed by atoms with Crippen molar-refractivity contribution in [3.8, 4) is 11.5 Å². The van der Waals surface area contributed by atoms with Gasteiger partial charge in [-0.25, -0.2) is 4.39 Å². The lowest BCUT2D eigenvalue weighted by Crippen LogP contribution is -2.42. The largest absolute Gasteiger partial charge is 0.497 e. The number of amides is 2. The quantitative estimate of drug-likeness (QED) is 0.807. The van der Waals surface area contributed by atoms with Gasteiger partial charge in [-0.05, 0) is 50.2 Å². The highest BCUT2D eigenvalue weighted by molar-refractivity contribution is 6.00. The number of ether oxygens (including phenoxy) is 2. The van der Waals surface area contributed by atoms with E-state index in [2.05, 4.69) is 5.32 Å². The van der Waals surface area contributed by atoms with E-state index >= 15 is 0 Å². The predicted molar refractivity (Wildman–Crippen MR) is 101 cm³/mol. The highest BCUT2D eigenvalue weighted by Crippen LogP contribution is 2.24. The average Bonchev–Trinajstić information content (AvgIpc) is 2.66. The number of nitrogens with one attached hydrogen (secondary N) is 1. The number of rotatable bonds is 7. The van der Waals surface area contributed by atoms with Gasteiger partial charge < -0.3 is 19.7 Å². The third kappa shape index (κ3) is 5.44. The third-order valence-corrected chi connectivity index (χ3v) is 3.92. The summed E-state index contributed by atoms with van der Waals surface area (Å²) in [7, 11) is 3.00. The van der Waals surface area contributed by atoms with Gasteiger partial charge in [0.2, 0.25) is 5.91 Å². The Bertz CT molecular complexity index is 784. The van der Waals surface area contributed by atoms with Crippen molar-refractivity contribution in [2.45, 2.75) is 19.9 Å². The molecular formula is C20H23FN2O4. The van der Waals surface area contributed by atoms with Crippen LogP contribution in [-0.2, 0) is 4.79 Å². The molecular weight excluding hydrogens is 351 g/mol. The molecule has 144 valence electrons. The SMILES string of the molecule is COc1cc(OC)cc(C(=O)N(CC(=O)Nc2ccc(F)cc2)C(C)C)c1. The highest BCUT2D eigenvalue weighted by Gasteiger charge is 2.23. The molecule has 6 nitrogen and oxygen atoms in total. The number of hydrogen-bond acceptors (Lipinski definition) is 4. The van der Waals surface area contributed by atoms with E-state index in [-0.39, 0.29) is 30.2 Å². The van der Waals surface area contributed by atoms with Crippen LogP contribution in [0.5, 0.6) is 11.5 Å². The summed E-state index contributed by atoms with van der Waals surface area (Å²) in [4.78, 5) is 26.7. The zero-order valence-electron chi connectivity index (χ0n) is 15.8. The topological polar surface area (TPSA) is 67.9 Å². The number of nitrogens with zero attached hydrogens (tertiary/aromatic N) is 1. The second-order valence-electron chi connectivity index (χ2n) is 6.18. The van der Waals surface area contributed by atoms with Crippen LogP contribution in [-0.4, -0.2) is 43.5 Å². The molecule has 0 aromatic heterocycles. The summed E-state index contributed by atoms with van der Waals surface area (Å²) in [6.45, 7) is 3.49. The lowest BCUT2D eigenvalue weighted by molar-refractivity contribution is -0.117. The first-order valence-electron chi connectivity index (χ1n) is 8.43. The summed E-state index contributed by atoms with van der Waals surface area (Å²) in [5.74, 6) is -0.122. The van der Waals surface area contributed by atoms with E-state index in [0.29, 0.717) is 22.7 Å². The van der Waals surface area contributed by atoms with Gasteiger partial charge in [0.05, 0.1) is 14.2 Å². The molecule has 2 amide bonds. The number of carbonyl (C=O) groups excluding carboxylic acids is 2. The van der Waals surface area contributed by atoms with E-state index in [9.17, 15) is 14.0 Å². The average molecular weight is 374 g/mol. The Kier molecular flexibility index (Phi) is 6.76. The Balaban J connectivity index is 2.17. The van der Waals surface area contributed by atoms with Crippen LogP contribution >= 0.6 is 0 Å². The van der Waals surface area contributed by atoms with Gasteiger partial charge in [-0.1, -0.05) is 0 Å². The maximum atomic E-state index is 13.0. The minimum atomic E-state index is -0.390. The van der Waals surface area contributed by atoms with E-state index < -0.39 is 0 Å². The van der Waals surface area contributed by atoms with Gasteiger partial charge in [-0.3, -0.25) is 9.59 Å². The molecule has 0 aliphatic carbocycles. The molecule has 1 N–H and O–H groups in total. The van der Waals surface area contributed by atoms with Crippen LogP contribution in [0.4, 0.5) is 10.1 Å². The molecule has 0 unspecified atom stereocenters. The third-order valence-electron chi connectivity index (χ3n) is 3.92. The van der Waals surface area contributed by atoms with Crippen LogP contribution in [0.3, 0.4) is 0 Å². The highest BCUT2D eigenvalue weighted by atomic mass is 19.1. The lowest BCUT2D eigenvalue weighted by atomic mass is 10.1. The van der Waals surface area contributed by atoms with Crippen molar-refractivity contribution >= 4 is 17.5 Å². The van der Waals surface area contributed by atoms with Gasteiger partial charge >= 0.3 is 0 Å². The molecule has 0 bridgehead atoms. The van der Waals surface area contributed by atoms with Crippen LogP contribution in [0.25, 0.3) is 0 Å². The first kappa shape index (κ1) is 20.2. The molecule has 0 atom stereocenters. The minimum Gasteiger partial charge on any atom is -0.497 e. The summed E-state index contributed by atoms with van der Waals surface area (Å²) in [6.07, 6.45) is 0. The molecule has 2 aromatic carbocycles. The second kappa shape index (κ2) is 9.02. The van der Waals surface area contributed by atoms with Crippen LogP contribution < -0.4 is 14.8 Å². The first-order valence-corrected chi connectivity index (χ1v) is 8.43. The number of benzene rings is 2. The predicted octanol–water partition coefficient (Wildman–Crippen LogP) is 3.33. The zero-order chi connectivity index (χ0) is 20.0. The summed E-state index contributed by atoms with van der Waals surface area (Å²) < 4.78 is 23.4. The number of methoxy groups -OCH3 is 2. The molecule has 2 rings (SSSR count). The van der Waals surface area contributed by atoms with E-state index in [4.69, 9.17) is 9.47 Å². The minimum absolute atomic E-state index is 0.145. The summed E-state index contributed by atoms with van der Waals surface area (Å²) >= 11 is 0. The van der Waals surface area contributed by atoms with E-state index in [1.165, 1.54) is 43.4 Å². The summed E-state index contributed by atoms with van der Waals surface area (Å²) in [6, 6.07) is 10.1. The van der Waals surface area contributed by atoms with Crippen molar-refractivity contribution in [3.05, 3.63) is 53.8 Å². The van der Waals surface area contributed by atoms with Gasteiger partial charge in [-0.2, -0.15) is 0 Å². The molecule has 0 aliphatic heterocycles. The molecule has 27 heavy (non-hydrogen) atoms. The molecule has 0 saturated heterocycles. The molecule has 0 fully saturated rings. The molecule has 2 aromatic rings. The Morgan fingerprint density at radius 2 is 1.59 bits per heavy atom.